The van der Waals surface area contributed by atoms with E-state index in [-0.39, 0.29) is 11.3 Å². The van der Waals surface area contributed by atoms with Gasteiger partial charge in [0.1, 0.15) is 11.5 Å². The smallest absolute Gasteiger partial charge is 0.267 e. The summed E-state index contributed by atoms with van der Waals surface area (Å²) >= 11 is 0. The summed E-state index contributed by atoms with van der Waals surface area (Å²) in [5.74, 6) is -1.41. The second-order valence-corrected chi connectivity index (χ2v) is 4.98. The minimum Gasteiger partial charge on any atom is -0.354 e. The largest absolute Gasteiger partial charge is 0.354 e. The Hall–Kier alpha value is -2.95. The van der Waals surface area contributed by atoms with Crippen molar-refractivity contribution >= 4 is 17.9 Å². The van der Waals surface area contributed by atoms with E-state index < -0.39 is 17.6 Å². The zero-order valence-electron chi connectivity index (χ0n) is 12.9. The van der Waals surface area contributed by atoms with Crippen LogP contribution in [0.25, 0.3) is 6.08 Å². The zero-order valence-corrected chi connectivity index (χ0v) is 12.9. The summed E-state index contributed by atoms with van der Waals surface area (Å²) in [7, 11) is 1.44. The second kappa shape index (κ2) is 7.35. The molecule has 0 heterocycles. The van der Waals surface area contributed by atoms with Gasteiger partial charge in [-0.15, -0.1) is 0 Å². The number of halogens is 1. The van der Waals surface area contributed by atoms with Gasteiger partial charge in [-0.3, -0.25) is 9.59 Å². The van der Waals surface area contributed by atoms with Crippen molar-refractivity contribution in [3.8, 4) is 0 Å². The van der Waals surface area contributed by atoms with Crippen LogP contribution >= 0.6 is 0 Å². The van der Waals surface area contributed by atoms with Gasteiger partial charge >= 0.3 is 0 Å². The van der Waals surface area contributed by atoms with Crippen LogP contribution < -0.4 is 10.6 Å². The molecule has 2 amide bonds. The molecule has 0 aliphatic carbocycles. The second-order valence-electron chi connectivity index (χ2n) is 4.98. The van der Waals surface area contributed by atoms with Crippen LogP contribution in [-0.2, 0) is 4.79 Å². The Bertz CT molecular complexity index is 752. The topological polar surface area (TPSA) is 58.2 Å². The highest BCUT2D eigenvalue weighted by atomic mass is 19.1. The van der Waals surface area contributed by atoms with Gasteiger partial charge in [-0.05, 0) is 31.2 Å². The molecule has 5 heteroatoms. The molecule has 0 saturated heterocycles. The molecule has 0 bridgehead atoms. The highest BCUT2D eigenvalue weighted by molar-refractivity contribution is 6.05. The van der Waals surface area contributed by atoms with Crippen molar-refractivity contribution in [1.82, 2.24) is 10.6 Å². The van der Waals surface area contributed by atoms with E-state index in [9.17, 15) is 14.0 Å². The maximum atomic E-state index is 13.7. The summed E-state index contributed by atoms with van der Waals surface area (Å²) in [4.78, 5) is 24.2. The lowest BCUT2D eigenvalue weighted by Crippen LogP contribution is -2.33. The lowest BCUT2D eigenvalue weighted by molar-refractivity contribution is -0.117. The third-order valence-corrected chi connectivity index (χ3v) is 3.24. The molecule has 0 aliphatic rings. The van der Waals surface area contributed by atoms with Crippen molar-refractivity contribution in [3.05, 3.63) is 76.7 Å². The molecule has 2 N–H and O–H groups in total. The molecule has 0 atom stereocenters. The normalized spacial score (nSPS) is 11.0. The summed E-state index contributed by atoms with van der Waals surface area (Å²) in [5.41, 5.74) is 1.63. The van der Waals surface area contributed by atoms with Gasteiger partial charge in [0.15, 0.2) is 0 Å². The van der Waals surface area contributed by atoms with Gasteiger partial charge in [-0.1, -0.05) is 35.9 Å². The number of benzene rings is 2. The van der Waals surface area contributed by atoms with E-state index in [1.807, 2.05) is 6.92 Å². The molecular formula is C18H17FN2O2. The third-order valence-electron chi connectivity index (χ3n) is 3.24. The van der Waals surface area contributed by atoms with Crippen LogP contribution in [0.3, 0.4) is 0 Å². The predicted molar refractivity (Wildman–Crippen MR) is 87.1 cm³/mol. The highest BCUT2D eigenvalue weighted by Gasteiger charge is 2.14. The number of aryl methyl sites for hydroxylation is 1. The predicted octanol–water partition coefficient (Wildman–Crippen LogP) is 2.65. The van der Waals surface area contributed by atoms with Crippen LogP contribution in [0.15, 0.2) is 54.2 Å². The number of rotatable bonds is 4. The quantitative estimate of drug-likeness (QED) is 0.853. The first-order chi connectivity index (χ1) is 11.0. The number of nitrogens with one attached hydrogen (secondary N) is 2. The fourth-order valence-corrected chi connectivity index (χ4v) is 1.94. The van der Waals surface area contributed by atoms with Gasteiger partial charge < -0.3 is 10.6 Å². The standard InChI is InChI=1S/C18H17FN2O2/c1-12-7-9-13(10-8-12)17(22)21-16(18(23)20-2)11-14-5-3-4-6-15(14)19/h3-11H,1-2H3,(H,20,23)(H,21,22). The van der Waals surface area contributed by atoms with Crippen molar-refractivity contribution in [2.45, 2.75) is 6.92 Å². The summed E-state index contributed by atoms with van der Waals surface area (Å²) in [5, 5.41) is 4.95. The first-order valence-electron chi connectivity index (χ1n) is 7.07. The minimum absolute atomic E-state index is 0.0248. The Balaban J connectivity index is 2.29. The lowest BCUT2D eigenvalue weighted by atomic mass is 10.1. The number of carbonyl (C=O) groups is 2. The van der Waals surface area contributed by atoms with E-state index in [0.717, 1.165) is 5.56 Å². The van der Waals surface area contributed by atoms with Gasteiger partial charge in [0.05, 0.1) is 0 Å². The number of hydrogen-bond donors (Lipinski definition) is 2. The highest BCUT2D eigenvalue weighted by Crippen LogP contribution is 2.11. The average molecular weight is 312 g/mol. The number of carbonyl (C=O) groups excluding carboxylic acids is 2. The molecule has 4 nitrogen and oxygen atoms in total. The summed E-state index contributed by atoms with van der Waals surface area (Å²) < 4.78 is 13.7. The summed E-state index contributed by atoms with van der Waals surface area (Å²) in [6.07, 6.45) is 1.31. The van der Waals surface area contributed by atoms with Crippen LogP contribution in [0.4, 0.5) is 4.39 Å². The van der Waals surface area contributed by atoms with Crippen LogP contribution in [0.1, 0.15) is 21.5 Å². The van der Waals surface area contributed by atoms with E-state index in [1.165, 1.54) is 25.3 Å². The Morgan fingerprint density at radius 3 is 2.30 bits per heavy atom. The fraction of sp³-hybridized carbons (Fsp3) is 0.111. The van der Waals surface area contributed by atoms with Crippen molar-refractivity contribution in [1.29, 1.82) is 0 Å². The van der Waals surface area contributed by atoms with Gasteiger partial charge in [0, 0.05) is 18.2 Å². The van der Waals surface area contributed by atoms with Gasteiger partial charge in [0.25, 0.3) is 11.8 Å². The molecule has 0 aromatic heterocycles. The van der Waals surface area contributed by atoms with E-state index in [2.05, 4.69) is 10.6 Å². The number of amides is 2. The fourth-order valence-electron chi connectivity index (χ4n) is 1.94. The van der Waals surface area contributed by atoms with Crippen LogP contribution in [0, 0.1) is 12.7 Å². The van der Waals surface area contributed by atoms with Crippen LogP contribution in [0.5, 0.6) is 0 Å². The molecule has 0 fully saturated rings. The number of likely N-dealkylation sites (N-methyl/N-ethyl adjacent to an activating group) is 1. The minimum atomic E-state index is -0.506. The van der Waals surface area contributed by atoms with Gasteiger partial charge in [-0.25, -0.2) is 4.39 Å². The maximum Gasteiger partial charge on any atom is 0.267 e. The van der Waals surface area contributed by atoms with E-state index >= 15 is 0 Å². The first-order valence-corrected chi connectivity index (χ1v) is 7.07. The van der Waals surface area contributed by atoms with Gasteiger partial charge in [-0.2, -0.15) is 0 Å². The average Bonchev–Trinajstić information content (AvgIpc) is 2.56. The Labute approximate surface area is 134 Å². The van der Waals surface area contributed by atoms with Crippen LogP contribution in [0.2, 0.25) is 0 Å². The van der Waals surface area contributed by atoms with Crippen LogP contribution in [-0.4, -0.2) is 18.9 Å². The first kappa shape index (κ1) is 16.4. The Morgan fingerprint density at radius 2 is 1.70 bits per heavy atom. The Kier molecular flexibility index (Phi) is 5.25. The van der Waals surface area contributed by atoms with Crippen molar-refractivity contribution in [2.75, 3.05) is 7.05 Å². The Morgan fingerprint density at radius 1 is 1.04 bits per heavy atom. The molecule has 0 spiro atoms. The van der Waals surface area contributed by atoms with Crippen molar-refractivity contribution in [2.24, 2.45) is 0 Å². The monoisotopic (exact) mass is 312 g/mol. The zero-order chi connectivity index (χ0) is 16.8. The van der Waals surface area contributed by atoms with Gasteiger partial charge in [0.2, 0.25) is 0 Å². The molecule has 2 aromatic rings. The molecule has 0 radical (unpaired) electrons. The van der Waals surface area contributed by atoms with Crippen molar-refractivity contribution < 1.29 is 14.0 Å². The molecule has 2 rings (SSSR count). The molecule has 0 unspecified atom stereocenters. The lowest BCUT2D eigenvalue weighted by Gasteiger charge is -2.09. The van der Waals surface area contributed by atoms with E-state index in [4.69, 9.17) is 0 Å². The molecule has 0 aliphatic heterocycles. The molecular weight excluding hydrogens is 295 g/mol. The molecule has 118 valence electrons. The van der Waals surface area contributed by atoms with E-state index in [0.29, 0.717) is 5.56 Å². The maximum absolute atomic E-state index is 13.7. The van der Waals surface area contributed by atoms with Crippen molar-refractivity contribution in [3.63, 3.8) is 0 Å². The molecule has 0 saturated carbocycles. The number of hydrogen-bond acceptors (Lipinski definition) is 2. The summed E-state index contributed by atoms with van der Waals surface area (Å²) in [6.45, 7) is 1.91. The molecule has 2 aromatic carbocycles. The SMILES string of the molecule is CNC(=O)C(=Cc1ccccc1F)NC(=O)c1ccc(C)cc1. The third kappa shape index (κ3) is 4.26. The van der Waals surface area contributed by atoms with E-state index in [1.54, 1.807) is 36.4 Å². The molecule has 23 heavy (non-hydrogen) atoms. The summed E-state index contributed by atoms with van der Waals surface area (Å²) in [6, 6.07) is 12.9.